The molecule has 45 heavy (non-hydrogen) atoms. The van der Waals surface area contributed by atoms with Gasteiger partial charge < -0.3 is 19.5 Å². The fourth-order valence-electron chi connectivity index (χ4n) is 6.79. The first kappa shape index (κ1) is 28.5. The highest BCUT2D eigenvalue weighted by Gasteiger charge is 2.59. The Bertz CT molecular complexity index is 1610. The van der Waals surface area contributed by atoms with Crippen molar-refractivity contribution in [3.63, 3.8) is 0 Å². The van der Waals surface area contributed by atoms with Crippen molar-refractivity contribution < 1.29 is 19.3 Å². The van der Waals surface area contributed by atoms with Crippen molar-refractivity contribution >= 4 is 23.2 Å². The van der Waals surface area contributed by atoms with Gasteiger partial charge in [-0.05, 0) is 36.1 Å². The maximum Gasteiger partial charge on any atom is 0.269 e. The number of carbonyl (C=O) groups is 2. The summed E-state index contributed by atoms with van der Waals surface area (Å²) in [7, 11) is 0. The van der Waals surface area contributed by atoms with E-state index in [1.807, 2.05) is 145 Å². The minimum absolute atomic E-state index is 0.228. The molecule has 0 saturated carbocycles. The van der Waals surface area contributed by atoms with Crippen LogP contribution in [0.15, 0.2) is 132 Å². The highest BCUT2D eigenvalue weighted by Crippen LogP contribution is 2.52. The van der Waals surface area contributed by atoms with Crippen LogP contribution in [-0.2, 0) is 19.3 Å². The summed E-state index contributed by atoms with van der Waals surface area (Å²) in [5.74, 6) is -0.457. The summed E-state index contributed by atoms with van der Waals surface area (Å²) in [6.07, 6.45) is -0.984. The lowest BCUT2D eigenvalue weighted by Gasteiger charge is -2.40. The van der Waals surface area contributed by atoms with E-state index in [-0.39, 0.29) is 11.8 Å². The Balaban J connectivity index is 1.27. The predicted octanol–water partition coefficient (Wildman–Crippen LogP) is 6.26. The Morgan fingerprint density at radius 3 is 1.27 bits per heavy atom. The van der Waals surface area contributed by atoms with Gasteiger partial charge in [-0.2, -0.15) is 0 Å². The van der Waals surface area contributed by atoms with Crippen LogP contribution < -0.4 is 0 Å². The van der Waals surface area contributed by atoms with Gasteiger partial charge in [0, 0.05) is 12.8 Å². The van der Waals surface area contributed by atoms with Gasteiger partial charge in [-0.15, -0.1) is 0 Å². The first-order chi connectivity index (χ1) is 21.9. The molecule has 4 atom stereocenters. The number of carbonyl (C=O) groups excluding carboxylic acids is 2. The molecular formula is C37H34N4O4. The Hall–Kier alpha value is -5.24. The average molecular weight is 599 g/mol. The van der Waals surface area contributed by atoms with Gasteiger partial charge in [0.1, 0.15) is 5.66 Å². The summed E-state index contributed by atoms with van der Waals surface area (Å²) in [6, 6.07) is 38.2. The number of benzene rings is 4. The molecule has 0 unspecified atom stereocenters. The van der Waals surface area contributed by atoms with E-state index in [1.54, 1.807) is 0 Å². The van der Waals surface area contributed by atoms with Crippen LogP contribution >= 0.6 is 0 Å². The predicted molar refractivity (Wildman–Crippen MR) is 171 cm³/mol. The molecule has 0 aliphatic carbocycles. The van der Waals surface area contributed by atoms with Crippen molar-refractivity contribution in [2.75, 3.05) is 0 Å². The second-order valence-corrected chi connectivity index (χ2v) is 12.0. The average Bonchev–Trinajstić information content (AvgIpc) is 3.83. The molecule has 4 aromatic carbocycles. The standard InChI is InChI=1S/C37H34N4O4/c1-37(2)40(35(42)31-23-29(38-44-31)25-15-7-3-8-16-25)33(27-19-11-5-12-20-27)34(28-21-13-6-14-22-28)41(37)36(43)32-24-30(39-45-32)26-17-9-4-10-18-26/h3-22,31-34H,23-24H2,1-2H3/t31-,32-,33+,34+/m1/s1. The molecule has 7 rings (SSSR count). The zero-order valence-corrected chi connectivity index (χ0v) is 25.2. The van der Waals surface area contributed by atoms with Crippen LogP contribution in [0.2, 0.25) is 0 Å². The molecule has 3 heterocycles. The van der Waals surface area contributed by atoms with Crippen molar-refractivity contribution in [3.8, 4) is 0 Å². The first-order valence-corrected chi connectivity index (χ1v) is 15.3. The molecule has 0 N–H and O–H groups in total. The van der Waals surface area contributed by atoms with Crippen LogP contribution in [-0.4, -0.2) is 50.9 Å². The zero-order valence-electron chi connectivity index (χ0n) is 25.2. The summed E-state index contributed by atoms with van der Waals surface area (Å²) in [4.78, 5) is 44.6. The van der Waals surface area contributed by atoms with E-state index >= 15 is 0 Å². The number of amides is 2. The van der Waals surface area contributed by atoms with E-state index < -0.39 is 30.0 Å². The molecule has 3 aliphatic rings. The van der Waals surface area contributed by atoms with E-state index in [0.29, 0.717) is 12.8 Å². The smallest absolute Gasteiger partial charge is 0.269 e. The lowest BCUT2D eigenvalue weighted by Crippen LogP contribution is -2.57. The van der Waals surface area contributed by atoms with Crippen LogP contribution in [0.25, 0.3) is 0 Å². The Kier molecular flexibility index (Phi) is 7.41. The summed E-state index contributed by atoms with van der Waals surface area (Å²) in [6.45, 7) is 3.84. The first-order valence-electron chi connectivity index (χ1n) is 15.3. The number of hydrogen-bond acceptors (Lipinski definition) is 6. The van der Waals surface area contributed by atoms with Gasteiger partial charge in [-0.3, -0.25) is 9.59 Å². The van der Waals surface area contributed by atoms with Crippen LogP contribution in [0.5, 0.6) is 0 Å². The third kappa shape index (κ3) is 5.16. The molecule has 0 radical (unpaired) electrons. The molecule has 1 saturated heterocycles. The normalized spacial score (nSPS) is 23.6. The summed E-state index contributed by atoms with van der Waals surface area (Å²) in [5, 5.41) is 8.62. The van der Waals surface area contributed by atoms with E-state index in [1.165, 1.54) is 0 Å². The lowest BCUT2D eigenvalue weighted by molar-refractivity contribution is -0.158. The van der Waals surface area contributed by atoms with Crippen molar-refractivity contribution in [3.05, 3.63) is 144 Å². The number of oxime groups is 2. The van der Waals surface area contributed by atoms with Crippen molar-refractivity contribution in [1.29, 1.82) is 0 Å². The Morgan fingerprint density at radius 1 is 0.578 bits per heavy atom. The lowest BCUT2D eigenvalue weighted by atomic mass is 9.92. The van der Waals surface area contributed by atoms with Gasteiger partial charge in [0.25, 0.3) is 11.8 Å². The molecule has 0 aromatic heterocycles. The highest BCUT2D eigenvalue weighted by molar-refractivity contribution is 6.05. The third-order valence-corrected chi connectivity index (χ3v) is 8.89. The van der Waals surface area contributed by atoms with Gasteiger partial charge >= 0.3 is 0 Å². The molecule has 0 spiro atoms. The van der Waals surface area contributed by atoms with Crippen LogP contribution in [0.3, 0.4) is 0 Å². The maximum atomic E-state index is 14.7. The van der Waals surface area contributed by atoms with Gasteiger partial charge in [0.2, 0.25) is 12.2 Å². The minimum atomic E-state index is -1.06. The molecule has 2 amide bonds. The van der Waals surface area contributed by atoms with Gasteiger partial charge in [-0.25, -0.2) is 0 Å². The zero-order chi connectivity index (χ0) is 31.0. The number of rotatable bonds is 6. The van der Waals surface area contributed by atoms with Gasteiger partial charge in [-0.1, -0.05) is 132 Å². The quantitative estimate of drug-likeness (QED) is 0.262. The van der Waals surface area contributed by atoms with E-state index in [0.717, 1.165) is 33.7 Å². The van der Waals surface area contributed by atoms with Crippen LogP contribution in [0.1, 0.15) is 61.0 Å². The molecule has 1 fully saturated rings. The molecular weight excluding hydrogens is 564 g/mol. The third-order valence-electron chi connectivity index (χ3n) is 8.89. The van der Waals surface area contributed by atoms with E-state index in [4.69, 9.17) is 9.68 Å². The summed E-state index contributed by atoms with van der Waals surface area (Å²) < 4.78 is 0. The topological polar surface area (TPSA) is 83.8 Å². The summed E-state index contributed by atoms with van der Waals surface area (Å²) in [5.41, 5.74) is 4.05. The molecule has 226 valence electrons. The fraction of sp³-hybridized carbons (Fsp3) is 0.243. The van der Waals surface area contributed by atoms with Crippen molar-refractivity contribution in [1.82, 2.24) is 9.80 Å². The number of hydrogen-bond donors (Lipinski definition) is 0. The van der Waals surface area contributed by atoms with Crippen molar-refractivity contribution in [2.24, 2.45) is 10.3 Å². The Labute approximate surface area is 262 Å². The Morgan fingerprint density at radius 2 is 0.911 bits per heavy atom. The molecule has 8 nitrogen and oxygen atoms in total. The SMILES string of the molecule is CC1(C)N(C(=O)[C@H]2CC(c3ccccc3)=NO2)[C@@H](c2ccccc2)[C@H](c2ccccc2)N1C(=O)[C@H]1CC(c2ccccc2)=NO1. The van der Waals surface area contributed by atoms with Crippen molar-refractivity contribution in [2.45, 2.75) is 56.6 Å². The molecule has 3 aliphatic heterocycles. The maximum absolute atomic E-state index is 14.7. The monoisotopic (exact) mass is 598 g/mol. The van der Waals surface area contributed by atoms with Crippen LogP contribution in [0, 0.1) is 0 Å². The largest absolute Gasteiger partial charge is 0.382 e. The summed E-state index contributed by atoms with van der Waals surface area (Å²) >= 11 is 0. The molecule has 4 aromatic rings. The van der Waals surface area contributed by atoms with Gasteiger partial charge in [0.15, 0.2) is 0 Å². The second-order valence-electron chi connectivity index (χ2n) is 12.0. The van der Waals surface area contributed by atoms with Gasteiger partial charge in [0.05, 0.1) is 23.5 Å². The number of nitrogens with zero attached hydrogens (tertiary/aromatic N) is 4. The minimum Gasteiger partial charge on any atom is -0.382 e. The molecule has 0 bridgehead atoms. The highest BCUT2D eigenvalue weighted by atomic mass is 16.7. The fourth-order valence-corrected chi connectivity index (χ4v) is 6.79. The van der Waals surface area contributed by atoms with E-state index in [9.17, 15) is 9.59 Å². The second kappa shape index (κ2) is 11.7. The molecule has 8 heteroatoms. The van der Waals surface area contributed by atoms with E-state index in [2.05, 4.69) is 10.3 Å². The van der Waals surface area contributed by atoms with Crippen LogP contribution in [0.4, 0.5) is 0 Å².